The summed E-state index contributed by atoms with van der Waals surface area (Å²) in [5.41, 5.74) is 2.20. The minimum absolute atomic E-state index is 0.229. The molecule has 0 fully saturated rings. The van der Waals surface area contributed by atoms with Crippen LogP contribution in [0.4, 0.5) is 0 Å². The van der Waals surface area contributed by atoms with E-state index in [4.69, 9.17) is 11.6 Å². The summed E-state index contributed by atoms with van der Waals surface area (Å²) in [4.78, 5) is 17.5. The quantitative estimate of drug-likeness (QED) is 0.774. The third-order valence-corrected chi connectivity index (χ3v) is 3.11. The van der Waals surface area contributed by atoms with Crippen molar-refractivity contribution in [3.05, 3.63) is 40.8 Å². The van der Waals surface area contributed by atoms with E-state index in [0.717, 1.165) is 30.6 Å². The molecule has 0 saturated heterocycles. The number of rotatable bonds is 3. The number of pyridine rings is 1. The van der Waals surface area contributed by atoms with Gasteiger partial charge < -0.3 is 4.90 Å². The number of allylic oxidation sites excluding steroid dienone is 2. The first-order chi connectivity index (χ1) is 8.15. The summed E-state index contributed by atoms with van der Waals surface area (Å²) in [6.07, 6.45) is 6.13. The van der Waals surface area contributed by atoms with Gasteiger partial charge in [0.2, 0.25) is 0 Å². The third-order valence-electron chi connectivity index (χ3n) is 2.88. The average molecular weight is 251 g/mol. The van der Waals surface area contributed by atoms with E-state index in [2.05, 4.69) is 9.88 Å². The van der Waals surface area contributed by atoms with Crippen LogP contribution in [0.1, 0.15) is 24.8 Å². The Balaban J connectivity index is 2.03. The van der Waals surface area contributed by atoms with Crippen molar-refractivity contribution in [1.82, 2.24) is 9.88 Å². The Labute approximate surface area is 106 Å². The van der Waals surface area contributed by atoms with Crippen LogP contribution in [0.15, 0.2) is 30.1 Å². The standard InChI is InChI=1S/C13H15ClN2O/c1-16(11-3-2-4-12(17)7-11)9-10-5-6-13(14)15-8-10/h5-8H,2-4,9H2,1H3. The second-order valence-electron chi connectivity index (χ2n) is 4.30. The van der Waals surface area contributed by atoms with E-state index in [0.29, 0.717) is 11.6 Å². The SMILES string of the molecule is CN(Cc1ccc(Cl)nc1)C1=CC(=O)CCC1. The van der Waals surface area contributed by atoms with Gasteiger partial charge in [0.15, 0.2) is 5.78 Å². The maximum atomic E-state index is 11.3. The van der Waals surface area contributed by atoms with Crippen LogP contribution in [-0.2, 0) is 11.3 Å². The van der Waals surface area contributed by atoms with Gasteiger partial charge >= 0.3 is 0 Å². The molecule has 1 heterocycles. The van der Waals surface area contributed by atoms with E-state index in [1.165, 1.54) is 0 Å². The Hall–Kier alpha value is -1.35. The molecule has 4 heteroatoms. The molecule has 0 unspecified atom stereocenters. The first kappa shape index (κ1) is 12.1. The van der Waals surface area contributed by atoms with Gasteiger partial charge in [0.05, 0.1) is 0 Å². The van der Waals surface area contributed by atoms with E-state index in [9.17, 15) is 4.79 Å². The summed E-state index contributed by atoms with van der Waals surface area (Å²) in [5.74, 6) is 0.229. The molecule has 1 aliphatic rings. The van der Waals surface area contributed by atoms with Crippen molar-refractivity contribution >= 4 is 17.4 Å². The third kappa shape index (κ3) is 3.30. The predicted octanol–water partition coefficient (Wildman–Crippen LogP) is 2.80. The molecular weight excluding hydrogens is 236 g/mol. The molecule has 0 N–H and O–H groups in total. The van der Waals surface area contributed by atoms with Gasteiger partial charge in [-0.1, -0.05) is 17.7 Å². The molecule has 0 aliphatic heterocycles. The van der Waals surface area contributed by atoms with Crippen molar-refractivity contribution in [1.29, 1.82) is 0 Å². The molecule has 0 radical (unpaired) electrons. The predicted molar refractivity (Wildman–Crippen MR) is 67.7 cm³/mol. The molecule has 1 aliphatic carbocycles. The van der Waals surface area contributed by atoms with Gasteiger partial charge in [-0.15, -0.1) is 0 Å². The molecule has 0 spiro atoms. The van der Waals surface area contributed by atoms with Gasteiger partial charge in [-0.25, -0.2) is 4.98 Å². The van der Waals surface area contributed by atoms with Gasteiger partial charge in [-0.3, -0.25) is 4.79 Å². The Morgan fingerprint density at radius 1 is 1.41 bits per heavy atom. The molecule has 17 heavy (non-hydrogen) atoms. The zero-order chi connectivity index (χ0) is 12.3. The Morgan fingerprint density at radius 2 is 2.24 bits per heavy atom. The summed E-state index contributed by atoms with van der Waals surface area (Å²) in [6.45, 7) is 0.753. The molecule has 1 aromatic rings. The van der Waals surface area contributed by atoms with Crippen LogP contribution < -0.4 is 0 Å². The monoisotopic (exact) mass is 250 g/mol. The minimum Gasteiger partial charge on any atom is -0.373 e. The lowest BCUT2D eigenvalue weighted by molar-refractivity contribution is -0.115. The molecule has 0 bridgehead atoms. The molecule has 2 rings (SSSR count). The van der Waals surface area contributed by atoms with Crippen molar-refractivity contribution < 1.29 is 4.79 Å². The number of aromatic nitrogens is 1. The van der Waals surface area contributed by atoms with Crippen molar-refractivity contribution in [2.75, 3.05) is 7.05 Å². The summed E-state index contributed by atoms with van der Waals surface area (Å²) in [6, 6.07) is 3.74. The largest absolute Gasteiger partial charge is 0.373 e. The second kappa shape index (κ2) is 5.32. The fourth-order valence-corrected chi connectivity index (χ4v) is 2.06. The smallest absolute Gasteiger partial charge is 0.157 e. The van der Waals surface area contributed by atoms with Crippen LogP contribution in [0, 0.1) is 0 Å². The molecule has 0 atom stereocenters. The summed E-state index contributed by atoms with van der Waals surface area (Å²) in [7, 11) is 2.00. The highest BCUT2D eigenvalue weighted by Crippen LogP contribution is 2.19. The fourth-order valence-electron chi connectivity index (χ4n) is 1.95. The molecule has 0 amide bonds. The summed E-state index contributed by atoms with van der Waals surface area (Å²) >= 11 is 5.74. The van der Waals surface area contributed by atoms with Gasteiger partial charge in [0.25, 0.3) is 0 Å². The summed E-state index contributed by atoms with van der Waals surface area (Å²) < 4.78 is 0. The van der Waals surface area contributed by atoms with Crippen molar-refractivity contribution in [2.24, 2.45) is 0 Å². The number of halogens is 1. The topological polar surface area (TPSA) is 33.2 Å². The van der Waals surface area contributed by atoms with Crippen LogP contribution in [0.5, 0.6) is 0 Å². The lowest BCUT2D eigenvalue weighted by atomic mass is 10.0. The maximum Gasteiger partial charge on any atom is 0.157 e. The van der Waals surface area contributed by atoms with E-state index in [1.807, 2.05) is 13.1 Å². The Bertz CT molecular complexity index is 439. The Morgan fingerprint density at radius 3 is 2.88 bits per heavy atom. The van der Waals surface area contributed by atoms with Crippen LogP contribution in [0.25, 0.3) is 0 Å². The van der Waals surface area contributed by atoms with Crippen LogP contribution in [0.3, 0.4) is 0 Å². The first-order valence-electron chi connectivity index (χ1n) is 5.70. The number of carbonyl (C=O) groups excluding carboxylic acids is 1. The van der Waals surface area contributed by atoms with Gasteiger partial charge in [0.1, 0.15) is 5.15 Å². The maximum absolute atomic E-state index is 11.3. The summed E-state index contributed by atoms with van der Waals surface area (Å²) in [5, 5.41) is 0.503. The molecule has 0 aromatic carbocycles. The molecule has 3 nitrogen and oxygen atoms in total. The zero-order valence-electron chi connectivity index (χ0n) is 9.82. The van der Waals surface area contributed by atoms with Crippen molar-refractivity contribution in [3.63, 3.8) is 0 Å². The van der Waals surface area contributed by atoms with Crippen LogP contribution >= 0.6 is 11.6 Å². The number of nitrogens with zero attached hydrogens (tertiary/aromatic N) is 2. The molecule has 0 saturated carbocycles. The van der Waals surface area contributed by atoms with E-state index in [1.54, 1.807) is 18.3 Å². The average Bonchev–Trinajstić information content (AvgIpc) is 2.32. The van der Waals surface area contributed by atoms with Gasteiger partial charge in [0, 0.05) is 38.0 Å². The molecule has 1 aromatic heterocycles. The second-order valence-corrected chi connectivity index (χ2v) is 4.69. The van der Waals surface area contributed by atoms with Crippen LogP contribution in [0.2, 0.25) is 5.15 Å². The molecule has 90 valence electrons. The Kier molecular flexibility index (Phi) is 3.79. The van der Waals surface area contributed by atoms with Gasteiger partial charge in [-0.2, -0.15) is 0 Å². The first-order valence-corrected chi connectivity index (χ1v) is 6.08. The van der Waals surface area contributed by atoms with Crippen LogP contribution in [-0.4, -0.2) is 22.7 Å². The fraction of sp³-hybridized carbons (Fsp3) is 0.385. The number of ketones is 1. The van der Waals surface area contributed by atoms with E-state index in [-0.39, 0.29) is 5.78 Å². The normalized spacial score (nSPS) is 15.6. The highest BCUT2D eigenvalue weighted by molar-refractivity contribution is 6.29. The highest BCUT2D eigenvalue weighted by atomic mass is 35.5. The number of hydrogen-bond acceptors (Lipinski definition) is 3. The molecular formula is C13H15ClN2O. The van der Waals surface area contributed by atoms with Crippen molar-refractivity contribution in [2.45, 2.75) is 25.8 Å². The zero-order valence-corrected chi connectivity index (χ0v) is 10.6. The van der Waals surface area contributed by atoms with Gasteiger partial charge in [-0.05, 0) is 24.5 Å². The highest BCUT2D eigenvalue weighted by Gasteiger charge is 2.13. The lowest BCUT2D eigenvalue weighted by Crippen LogP contribution is -2.20. The van der Waals surface area contributed by atoms with E-state index < -0.39 is 0 Å². The number of hydrogen-bond donors (Lipinski definition) is 0. The van der Waals surface area contributed by atoms with Crippen molar-refractivity contribution in [3.8, 4) is 0 Å². The van der Waals surface area contributed by atoms with E-state index >= 15 is 0 Å². The lowest BCUT2D eigenvalue weighted by Gasteiger charge is -2.24. The minimum atomic E-state index is 0.229. The number of carbonyl (C=O) groups is 1.